The van der Waals surface area contributed by atoms with Gasteiger partial charge in [0.05, 0.1) is 10.0 Å². The third kappa shape index (κ3) is 7.47. The standard InChI is InChI=1S/C28H42Cl2N6O7PS2/c1-5-27(6-2,45(38,39)35-17-13-33(14-18-35)25-11-9-23(29)21-31-25)42-44(37)43-28(7-3,8-4)46(40,41)36-19-15-34(16-20-36)26-12-10-24(30)22-32-26/h9-12,21-22H,5-8,13-20H2,1-4H3/q+1. The summed E-state index contributed by atoms with van der Waals surface area (Å²) in [5, 5.41) is 1.01. The number of sulfonamides is 2. The summed E-state index contributed by atoms with van der Waals surface area (Å²) in [6.07, 6.45) is 2.99. The molecule has 0 aromatic carbocycles. The summed E-state index contributed by atoms with van der Waals surface area (Å²) in [6, 6.07) is 7.00. The quantitative estimate of drug-likeness (QED) is 0.239. The lowest BCUT2D eigenvalue weighted by molar-refractivity contribution is 0.0702. The summed E-state index contributed by atoms with van der Waals surface area (Å²) in [6.45, 7) is 8.72. The monoisotopic (exact) mass is 739 g/mol. The van der Waals surface area contributed by atoms with Crippen LogP contribution in [0.15, 0.2) is 36.7 Å². The van der Waals surface area contributed by atoms with Crippen LogP contribution in [0.5, 0.6) is 0 Å². The Kier molecular flexibility index (Phi) is 12.3. The Hall–Kier alpha value is -1.68. The van der Waals surface area contributed by atoms with E-state index in [9.17, 15) is 21.4 Å². The van der Waals surface area contributed by atoms with E-state index in [1.807, 2.05) is 9.80 Å². The van der Waals surface area contributed by atoms with Crippen LogP contribution in [-0.2, 0) is 33.7 Å². The molecule has 4 rings (SSSR count). The number of halogens is 2. The predicted octanol–water partition coefficient (Wildman–Crippen LogP) is 5.11. The number of aromatic nitrogens is 2. The first-order valence-corrected chi connectivity index (χ1v) is 20.1. The molecular formula is C28H42Cl2N6O7PS2+. The Bertz CT molecular complexity index is 1430. The molecule has 0 unspecified atom stereocenters. The lowest BCUT2D eigenvalue weighted by atomic mass is 10.2. The van der Waals surface area contributed by atoms with Gasteiger partial charge in [-0.15, -0.1) is 0 Å². The number of nitrogens with zero attached hydrogens (tertiary/aromatic N) is 6. The molecule has 13 nitrogen and oxygen atoms in total. The smallest absolute Gasteiger partial charge is 0.354 e. The van der Waals surface area contributed by atoms with E-state index >= 15 is 0 Å². The van der Waals surface area contributed by atoms with Gasteiger partial charge in [-0.3, -0.25) is 0 Å². The summed E-state index contributed by atoms with van der Waals surface area (Å²) in [7, 11) is -11.5. The third-order valence-electron chi connectivity index (χ3n) is 8.81. The molecule has 2 aliphatic heterocycles. The fourth-order valence-electron chi connectivity index (χ4n) is 5.77. The Morgan fingerprint density at radius 1 is 0.652 bits per heavy atom. The summed E-state index contributed by atoms with van der Waals surface area (Å²) < 4.78 is 84.0. The van der Waals surface area contributed by atoms with Gasteiger partial charge in [-0.05, 0) is 49.9 Å². The van der Waals surface area contributed by atoms with Gasteiger partial charge in [0.15, 0.2) is 0 Å². The van der Waals surface area contributed by atoms with Gasteiger partial charge in [0, 0.05) is 69.3 Å². The van der Waals surface area contributed by atoms with Crippen molar-refractivity contribution < 1.29 is 30.4 Å². The van der Waals surface area contributed by atoms with E-state index in [1.54, 1.807) is 52.0 Å². The second kappa shape index (κ2) is 15.3. The van der Waals surface area contributed by atoms with Crippen LogP contribution >= 0.6 is 31.5 Å². The van der Waals surface area contributed by atoms with Gasteiger partial charge in [-0.2, -0.15) is 8.61 Å². The highest BCUT2D eigenvalue weighted by atomic mass is 35.5. The van der Waals surface area contributed by atoms with Crippen molar-refractivity contribution in [2.45, 2.75) is 63.2 Å². The largest absolute Gasteiger partial charge is 0.700 e. The minimum absolute atomic E-state index is 0.0199. The number of piperazine rings is 2. The molecule has 0 aliphatic carbocycles. The average Bonchev–Trinajstić information content (AvgIpc) is 3.06. The van der Waals surface area contributed by atoms with Crippen molar-refractivity contribution in [1.82, 2.24) is 18.6 Å². The Balaban J connectivity index is 1.46. The van der Waals surface area contributed by atoms with Crippen LogP contribution in [0.25, 0.3) is 0 Å². The molecule has 18 heteroatoms. The van der Waals surface area contributed by atoms with Gasteiger partial charge in [-0.25, -0.2) is 26.8 Å². The maximum absolute atomic E-state index is 14.0. The molecule has 0 atom stereocenters. The number of hydrogen-bond donors (Lipinski definition) is 0. The van der Waals surface area contributed by atoms with E-state index in [2.05, 4.69) is 9.97 Å². The molecule has 256 valence electrons. The molecule has 0 N–H and O–H groups in total. The van der Waals surface area contributed by atoms with Gasteiger partial charge < -0.3 is 9.80 Å². The van der Waals surface area contributed by atoms with Crippen LogP contribution in [0, 0.1) is 0 Å². The molecule has 0 radical (unpaired) electrons. The fraction of sp³-hybridized carbons (Fsp3) is 0.643. The van der Waals surface area contributed by atoms with Crippen LogP contribution in [0.1, 0.15) is 53.4 Å². The van der Waals surface area contributed by atoms with E-state index in [-0.39, 0.29) is 51.9 Å². The number of pyridine rings is 2. The maximum atomic E-state index is 14.0. The second-order valence-corrected chi connectivity index (χ2v) is 17.2. The van der Waals surface area contributed by atoms with Crippen molar-refractivity contribution in [1.29, 1.82) is 0 Å². The van der Waals surface area contributed by atoms with Gasteiger partial charge >= 0.3 is 8.25 Å². The molecule has 2 aromatic rings. The zero-order chi connectivity index (χ0) is 33.8. The fourth-order valence-corrected chi connectivity index (χ4v) is 11.9. The van der Waals surface area contributed by atoms with E-state index < -0.39 is 38.2 Å². The highest BCUT2D eigenvalue weighted by Gasteiger charge is 2.58. The van der Waals surface area contributed by atoms with E-state index in [0.29, 0.717) is 47.9 Å². The van der Waals surface area contributed by atoms with Crippen LogP contribution in [0.2, 0.25) is 10.0 Å². The zero-order valence-corrected chi connectivity index (χ0v) is 30.5. The minimum atomic E-state index is -4.15. The Labute approximate surface area is 283 Å². The van der Waals surface area contributed by atoms with Crippen molar-refractivity contribution in [2.24, 2.45) is 0 Å². The minimum Gasteiger partial charge on any atom is -0.354 e. The van der Waals surface area contributed by atoms with Gasteiger partial charge in [0.2, 0.25) is 29.9 Å². The zero-order valence-electron chi connectivity index (χ0n) is 26.5. The molecule has 0 saturated carbocycles. The highest BCUT2D eigenvalue weighted by molar-refractivity contribution is 7.91. The van der Waals surface area contributed by atoms with Gasteiger partial charge in [-0.1, -0.05) is 59.9 Å². The lowest BCUT2D eigenvalue weighted by Gasteiger charge is -2.39. The van der Waals surface area contributed by atoms with Crippen molar-refractivity contribution >= 4 is 63.1 Å². The molecule has 2 fully saturated rings. The van der Waals surface area contributed by atoms with E-state index in [4.69, 9.17) is 32.2 Å². The van der Waals surface area contributed by atoms with Crippen LogP contribution < -0.4 is 9.80 Å². The molecule has 0 bridgehead atoms. The average molecular weight is 741 g/mol. The molecule has 0 amide bonds. The maximum Gasteiger partial charge on any atom is 0.700 e. The normalized spacial score (nSPS) is 17.8. The second-order valence-electron chi connectivity index (χ2n) is 11.1. The Morgan fingerprint density at radius 2 is 0.978 bits per heavy atom. The third-order valence-corrected chi connectivity index (χ3v) is 15.8. The van der Waals surface area contributed by atoms with E-state index in [0.717, 1.165) is 0 Å². The predicted molar refractivity (Wildman–Crippen MR) is 180 cm³/mol. The van der Waals surface area contributed by atoms with Crippen molar-refractivity contribution in [3.63, 3.8) is 0 Å². The molecule has 4 heterocycles. The molecule has 46 heavy (non-hydrogen) atoms. The molecule has 2 aliphatic rings. The number of rotatable bonds is 14. The van der Waals surface area contributed by atoms with Crippen molar-refractivity contribution in [3.8, 4) is 0 Å². The molecule has 0 spiro atoms. The van der Waals surface area contributed by atoms with E-state index in [1.165, 1.54) is 21.0 Å². The first-order valence-electron chi connectivity index (χ1n) is 15.4. The molecule has 2 aromatic heterocycles. The van der Waals surface area contributed by atoms with Crippen LogP contribution in [0.3, 0.4) is 0 Å². The van der Waals surface area contributed by atoms with Crippen molar-refractivity contribution in [2.75, 3.05) is 62.2 Å². The summed E-state index contributed by atoms with van der Waals surface area (Å²) in [5.74, 6) is 1.37. The van der Waals surface area contributed by atoms with Crippen LogP contribution in [0.4, 0.5) is 11.6 Å². The van der Waals surface area contributed by atoms with Crippen molar-refractivity contribution in [3.05, 3.63) is 46.7 Å². The van der Waals surface area contributed by atoms with Gasteiger partial charge in [0.1, 0.15) is 11.6 Å². The topological polar surface area (TPSA) is 143 Å². The van der Waals surface area contributed by atoms with Crippen LogP contribution in [-0.4, -0.2) is 97.6 Å². The first-order chi connectivity index (χ1) is 21.8. The number of anilines is 2. The summed E-state index contributed by atoms with van der Waals surface area (Å²) in [4.78, 5) is 8.79. The molecular weight excluding hydrogens is 698 g/mol. The Morgan fingerprint density at radius 3 is 1.24 bits per heavy atom. The SMILES string of the molecule is CCC(CC)(O[P+](=O)OC(CC)(CC)S(=O)(=O)N1CCN(c2ccc(Cl)cn2)CC1)S(=O)(=O)N1CCN(c2ccc(Cl)cn2)CC1. The van der Waals surface area contributed by atoms with Gasteiger partial charge in [0.25, 0.3) is 0 Å². The number of hydrogen-bond acceptors (Lipinski definition) is 11. The summed E-state index contributed by atoms with van der Waals surface area (Å²) >= 11 is 11.9. The first kappa shape index (κ1) is 37.1. The lowest BCUT2D eigenvalue weighted by Crippen LogP contribution is -2.56. The highest BCUT2D eigenvalue weighted by Crippen LogP contribution is 2.46. The summed E-state index contributed by atoms with van der Waals surface area (Å²) in [5.41, 5.74) is 0. The molecule has 2 saturated heterocycles.